The van der Waals surface area contributed by atoms with Gasteiger partial charge in [0.05, 0.1) is 21.8 Å². The van der Waals surface area contributed by atoms with Gasteiger partial charge >= 0.3 is 0 Å². The van der Waals surface area contributed by atoms with E-state index in [1.165, 1.54) is 35.2 Å². The Morgan fingerprint density at radius 2 is 1.88 bits per heavy atom. The van der Waals surface area contributed by atoms with Gasteiger partial charge in [0.2, 0.25) is 10.0 Å². The average molecular weight is 588 g/mol. The molecule has 3 heterocycles. The number of piperidine rings is 1. The Bertz CT molecular complexity index is 1650. The van der Waals surface area contributed by atoms with Crippen molar-refractivity contribution in [3.8, 4) is 0 Å². The van der Waals surface area contributed by atoms with Gasteiger partial charge in [-0.1, -0.05) is 24.7 Å². The molecule has 2 aromatic carbocycles. The molecule has 40 heavy (non-hydrogen) atoms. The molecular weight excluding hydrogens is 556 g/mol. The van der Waals surface area contributed by atoms with Gasteiger partial charge in [-0.25, -0.2) is 22.2 Å². The van der Waals surface area contributed by atoms with Crippen LogP contribution in [0.2, 0.25) is 0 Å². The van der Waals surface area contributed by atoms with Crippen LogP contribution in [0.4, 0.5) is 13.9 Å². The third-order valence-corrected chi connectivity index (χ3v) is 10.3. The summed E-state index contributed by atoms with van der Waals surface area (Å²) in [6, 6.07) is 9.73. The number of aryl methyl sites for hydroxylation is 2. The summed E-state index contributed by atoms with van der Waals surface area (Å²) < 4.78 is 58.7. The van der Waals surface area contributed by atoms with E-state index in [1.54, 1.807) is 8.99 Å². The van der Waals surface area contributed by atoms with Crippen LogP contribution >= 0.6 is 11.3 Å². The lowest BCUT2D eigenvalue weighted by molar-refractivity contribution is 0.0985. The minimum atomic E-state index is -3.70. The van der Waals surface area contributed by atoms with Crippen LogP contribution in [0, 0.1) is 25.5 Å². The van der Waals surface area contributed by atoms with Crippen molar-refractivity contribution in [2.24, 2.45) is 0 Å². The summed E-state index contributed by atoms with van der Waals surface area (Å²) in [6.07, 6.45) is 3.41. The van der Waals surface area contributed by atoms with E-state index < -0.39 is 27.6 Å². The Labute approximate surface area is 236 Å². The van der Waals surface area contributed by atoms with Crippen LogP contribution in [0.3, 0.4) is 0 Å². The second-order valence-corrected chi connectivity index (χ2v) is 12.9. The molecule has 1 atom stereocenters. The third kappa shape index (κ3) is 5.52. The lowest BCUT2D eigenvalue weighted by atomic mass is 10.0. The molecule has 1 aliphatic rings. The molecule has 0 bridgehead atoms. The van der Waals surface area contributed by atoms with Gasteiger partial charge in [-0.15, -0.1) is 0 Å². The first-order valence-electron chi connectivity index (χ1n) is 13.3. The van der Waals surface area contributed by atoms with Gasteiger partial charge < -0.3 is 0 Å². The number of rotatable bonds is 8. The van der Waals surface area contributed by atoms with E-state index in [0.717, 1.165) is 54.5 Å². The van der Waals surface area contributed by atoms with Crippen molar-refractivity contribution in [1.29, 1.82) is 0 Å². The zero-order valence-electron chi connectivity index (χ0n) is 22.6. The van der Waals surface area contributed by atoms with Gasteiger partial charge in [0.1, 0.15) is 11.3 Å². The zero-order valence-corrected chi connectivity index (χ0v) is 24.2. The summed E-state index contributed by atoms with van der Waals surface area (Å²) in [7, 11) is -3.70. The van der Waals surface area contributed by atoms with Crippen molar-refractivity contribution < 1.29 is 22.0 Å². The Morgan fingerprint density at radius 3 is 2.55 bits per heavy atom. The standard InChI is InChI=1S/C28H31F2N5O3S2/c1-4-22-7-5-6-12-35(22)40(37,38)23-10-8-20(9-11-23)27(36)33(13-14-34-19(3)15-18(2)32-34)28-31-26-24(30)16-21(29)17-25(26)39-28/h8-11,15-17,22H,4-7,12-14H2,1-3H3. The first kappa shape index (κ1) is 28.3. The van der Waals surface area contributed by atoms with Crippen LogP contribution in [-0.4, -0.2) is 52.5 Å². The van der Waals surface area contributed by atoms with Crippen LogP contribution in [0.1, 0.15) is 54.4 Å². The minimum Gasteiger partial charge on any atom is -0.282 e. The van der Waals surface area contributed by atoms with Gasteiger partial charge in [-0.05, 0) is 69.5 Å². The molecule has 2 aromatic heterocycles. The van der Waals surface area contributed by atoms with E-state index in [-0.39, 0.29) is 38.4 Å². The van der Waals surface area contributed by atoms with E-state index in [9.17, 15) is 22.0 Å². The number of hydrogen-bond donors (Lipinski definition) is 0. The topological polar surface area (TPSA) is 88.4 Å². The van der Waals surface area contributed by atoms with Crippen molar-refractivity contribution >= 4 is 42.6 Å². The molecule has 0 radical (unpaired) electrons. The van der Waals surface area contributed by atoms with Crippen LogP contribution in [0.15, 0.2) is 47.4 Å². The number of carbonyl (C=O) groups excluding carboxylic acids is 1. The molecule has 1 saturated heterocycles. The van der Waals surface area contributed by atoms with E-state index in [0.29, 0.717) is 13.1 Å². The number of hydrogen-bond acceptors (Lipinski definition) is 6. The fourth-order valence-corrected chi connectivity index (χ4v) is 8.00. The second-order valence-electron chi connectivity index (χ2n) is 10.0. The molecule has 1 unspecified atom stereocenters. The molecular formula is C28H31F2N5O3S2. The van der Waals surface area contributed by atoms with Crippen LogP contribution in [-0.2, 0) is 16.6 Å². The lowest BCUT2D eigenvalue weighted by Gasteiger charge is -2.34. The number of halogens is 2. The predicted molar refractivity (Wildman–Crippen MR) is 151 cm³/mol. The van der Waals surface area contributed by atoms with Crippen molar-refractivity contribution in [2.45, 2.75) is 63.9 Å². The first-order valence-corrected chi connectivity index (χ1v) is 15.5. The maximum absolute atomic E-state index is 14.4. The highest BCUT2D eigenvalue weighted by atomic mass is 32.2. The van der Waals surface area contributed by atoms with E-state index in [2.05, 4.69) is 10.1 Å². The molecule has 12 heteroatoms. The van der Waals surface area contributed by atoms with Gasteiger partial charge in [-0.3, -0.25) is 14.4 Å². The molecule has 8 nitrogen and oxygen atoms in total. The fraction of sp³-hybridized carbons (Fsp3) is 0.393. The Morgan fingerprint density at radius 1 is 1.12 bits per heavy atom. The fourth-order valence-electron chi connectivity index (χ4n) is 5.20. The number of sulfonamides is 1. The molecule has 5 rings (SSSR count). The van der Waals surface area contributed by atoms with Crippen LogP contribution < -0.4 is 4.90 Å². The molecule has 212 valence electrons. The SMILES string of the molecule is CCC1CCCCN1S(=O)(=O)c1ccc(C(=O)N(CCn2nc(C)cc2C)c2nc3c(F)cc(F)cc3s2)cc1. The minimum absolute atomic E-state index is 0.0150. The highest BCUT2D eigenvalue weighted by Gasteiger charge is 2.33. The van der Waals surface area contributed by atoms with Crippen LogP contribution in [0.25, 0.3) is 10.2 Å². The smallest absolute Gasteiger partial charge is 0.260 e. The van der Waals surface area contributed by atoms with Gasteiger partial charge in [-0.2, -0.15) is 9.40 Å². The Hall–Kier alpha value is -3.22. The number of carbonyl (C=O) groups is 1. The van der Waals surface area contributed by atoms with E-state index in [4.69, 9.17) is 0 Å². The first-order chi connectivity index (χ1) is 19.1. The van der Waals surface area contributed by atoms with Crippen molar-refractivity contribution in [2.75, 3.05) is 18.0 Å². The molecule has 0 aliphatic carbocycles. The molecule has 0 N–H and O–H groups in total. The van der Waals surface area contributed by atoms with E-state index >= 15 is 0 Å². The maximum atomic E-state index is 14.4. The lowest BCUT2D eigenvalue weighted by Crippen LogP contribution is -2.43. The number of anilines is 1. The maximum Gasteiger partial charge on any atom is 0.260 e. The highest BCUT2D eigenvalue weighted by Crippen LogP contribution is 2.32. The quantitative estimate of drug-likeness (QED) is 0.264. The molecule has 1 amide bonds. The third-order valence-electron chi connectivity index (χ3n) is 7.27. The largest absolute Gasteiger partial charge is 0.282 e. The van der Waals surface area contributed by atoms with E-state index in [1.807, 2.05) is 26.8 Å². The summed E-state index contributed by atoms with van der Waals surface area (Å²) in [4.78, 5) is 19.6. The monoisotopic (exact) mass is 587 g/mol. The normalized spacial score (nSPS) is 16.5. The van der Waals surface area contributed by atoms with Crippen molar-refractivity contribution in [3.05, 3.63) is 71.1 Å². The number of aromatic nitrogens is 3. The summed E-state index contributed by atoms with van der Waals surface area (Å²) in [5.41, 5.74) is 1.99. The number of thiazole rings is 1. The Balaban J connectivity index is 1.46. The van der Waals surface area contributed by atoms with Crippen molar-refractivity contribution in [1.82, 2.24) is 19.1 Å². The molecule has 1 fully saturated rings. The second kappa shape index (κ2) is 11.3. The highest BCUT2D eigenvalue weighted by molar-refractivity contribution is 7.89. The zero-order chi connectivity index (χ0) is 28.6. The van der Waals surface area contributed by atoms with Crippen molar-refractivity contribution in [3.63, 3.8) is 0 Å². The van der Waals surface area contributed by atoms with Crippen LogP contribution in [0.5, 0.6) is 0 Å². The number of fused-ring (bicyclic) bond motifs is 1. The summed E-state index contributed by atoms with van der Waals surface area (Å²) in [5.74, 6) is -1.97. The number of benzene rings is 2. The molecule has 4 aromatic rings. The Kier molecular flexibility index (Phi) is 8.03. The summed E-state index contributed by atoms with van der Waals surface area (Å²) in [6.45, 7) is 6.76. The molecule has 0 saturated carbocycles. The molecule has 0 spiro atoms. The predicted octanol–water partition coefficient (Wildman–Crippen LogP) is 5.69. The number of nitrogens with zero attached hydrogens (tertiary/aromatic N) is 5. The average Bonchev–Trinajstić information content (AvgIpc) is 3.50. The summed E-state index contributed by atoms with van der Waals surface area (Å²) >= 11 is 1.01. The van der Waals surface area contributed by atoms with Gasteiger partial charge in [0.15, 0.2) is 10.9 Å². The summed E-state index contributed by atoms with van der Waals surface area (Å²) in [5, 5.41) is 4.66. The van der Waals surface area contributed by atoms with Gasteiger partial charge in [0.25, 0.3) is 5.91 Å². The van der Waals surface area contributed by atoms with Gasteiger partial charge in [0, 0.05) is 36.5 Å². The number of amides is 1. The molecule has 1 aliphatic heterocycles.